The number of rotatable bonds is 1. The lowest BCUT2D eigenvalue weighted by Gasteiger charge is -2.20. The van der Waals surface area contributed by atoms with Crippen LogP contribution in [0.4, 0.5) is 0 Å². The van der Waals surface area contributed by atoms with Gasteiger partial charge in [0.15, 0.2) is 0 Å². The monoisotopic (exact) mass is 315 g/mol. The zero-order valence-corrected chi connectivity index (χ0v) is 12.0. The molecule has 1 saturated heterocycles. The van der Waals surface area contributed by atoms with Crippen LogP contribution in [0.5, 0.6) is 0 Å². The molecule has 4 heteroatoms. The van der Waals surface area contributed by atoms with Gasteiger partial charge >= 0.3 is 0 Å². The van der Waals surface area contributed by atoms with Gasteiger partial charge in [-0.1, -0.05) is 22.0 Å². The van der Waals surface area contributed by atoms with E-state index < -0.39 is 0 Å². The third-order valence-corrected chi connectivity index (χ3v) is 4.47. The fourth-order valence-electron chi connectivity index (χ4n) is 3.05. The number of hydrogen-bond acceptors (Lipinski definition) is 3. The van der Waals surface area contributed by atoms with Gasteiger partial charge in [0.05, 0.1) is 22.9 Å². The Kier molecular flexibility index (Phi) is 2.67. The van der Waals surface area contributed by atoms with Crippen molar-refractivity contribution in [3.8, 4) is 0 Å². The predicted octanol–water partition coefficient (Wildman–Crippen LogP) is 3.30. The van der Waals surface area contributed by atoms with E-state index in [0.29, 0.717) is 12.1 Å². The van der Waals surface area contributed by atoms with Gasteiger partial charge in [-0.15, -0.1) is 0 Å². The molecular weight excluding hydrogens is 302 g/mol. The minimum Gasteiger partial charge on any atom is -0.307 e. The maximum Gasteiger partial charge on any atom is 0.0905 e. The third-order valence-electron chi connectivity index (χ3n) is 3.98. The molecule has 0 saturated carbocycles. The predicted molar refractivity (Wildman–Crippen MR) is 79.8 cm³/mol. The highest BCUT2D eigenvalue weighted by molar-refractivity contribution is 9.10. The average molecular weight is 316 g/mol. The molecule has 1 fully saturated rings. The van der Waals surface area contributed by atoms with Crippen LogP contribution in [0.25, 0.3) is 16.6 Å². The second-order valence-electron chi connectivity index (χ2n) is 5.33. The normalized spacial score (nSPS) is 25.6. The SMILES string of the molecule is Brc1ccc2ncc(C3=CC4CCC(C3)N4)nc2c1. The van der Waals surface area contributed by atoms with Crippen LogP contribution in [0.1, 0.15) is 25.0 Å². The quantitative estimate of drug-likeness (QED) is 0.877. The van der Waals surface area contributed by atoms with Crippen LogP contribution in [-0.4, -0.2) is 22.1 Å². The second kappa shape index (κ2) is 4.39. The summed E-state index contributed by atoms with van der Waals surface area (Å²) in [4.78, 5) is 9.29. The number of nitrogens with zero attached hydrogens (tertiary/aromatic N) is 2. The van der Waals surface area contributed by atoms with E-state index in [2.05, 4.69) is 32.3 Å². The van der Waals surface area contributed by atoms with Crippen LogP contribution < -0.4 is 5.32 Å². The zero-order valence-electron chi connectivity index (χ0n) is 10.4. The van der Waals surface area contributed by atoms with Crippen molar-refractivity contribution in [2.24, 2.45) is 0 Å². The van der Waals surface area contributed by atoms with Crippen LogP contribution in [0.15, 0.2) is 34.9 Å². The number of nitrogens with one attached hydrogen (secondary N) is 1. The van der Waals surface area contributed by atoms with Gasteiger partial charge in [0, 0.05) is 16.6 Å². The lowest BCUT2D eigenvalue weighted by Crippen LogP contribution is -2.32. The first-order valence-electron chi connectivity index (χ1n) is 6.67. The summed E-state index contributed by atoms with van der Waals surface area (Å²) in [7, 11) is 0. The molecule has 2 aliphatic rings. The van der Waals surface area contributed by atoms with E-state index in [1.165, 1.54) is 18.4 Å². The molecule has 0 radical (unpaired) electrons. The largest absolute Gasteiger partial charge is 0.307 e. The van der Waals surface area contributed by atoms with E-state index in [4.69, 9.17) is 4.98 Å². The second-order valence-corrected chi connectivity index (χ2v) is 6.25. The van der Waals surface area contributed by atoms with Crippen molar-refractivity contribution in [1.82, 2.24) is 15.3 Å². The first kappa shape index (κ1) is 11.6. The van der Waals surface area contributed by atoms with Crippen LogP contribution in [-0.2, 0) is 0 Å². The van der Waals surface area contributed by atoms with Crippen LogP contribution in [0.2, 0.25) is 0 Å². The molecule has 4 rings (SSSR count). The minimum atomic E-state index is 0.536. The summed E-state index contributed by atoms with van der Waals surface area (Å²) in [6.45, 7) is 0. The van der Waals surface area contributed by atoms with E-state index in [9.17, 15) is 0 Å². The molecule has 3 heterocycles. The molecule has 96 valence electrons. The summed E-state index contributed by atoms with van der Waals surface area (Å²) in [6.07, 6.45) is 7.84. The van der Waals surface area contributed by atoms with E-state index in [0.717, 1.165) is 27.6 Å². The van der Waals surface area contributed by atoms with Crippen molar-refractivity contribution in [1.29, 1.82) is 0 Å². The summed E-state index contributed by atoms with van der Waals surface area (Å²) in [5.41, 5.74) is 4.28. The molecule has 2 bridgehead atoms. The molecule has 19 heavy (non-hydrogen) atoms. The van der Waals surface area contributed by atoms with Crippen molar-refractivity contribution >= 4 is 32.5 Å². The molecule has 2 aliphatic heterocycles. The van der Waals surface area contributed by atoms with E-state index in [-0.39, 0.29) is 0 Å². The van der Waals surface area contributed by atoms with Gasteiger partial charge in [-0.25, -0.2) is 4.98 Å². The summed E-state index contributed by atoms with van der Waals surface area (Å²) in [5, 5.41) is 3.60. The Balaban J connectivity index is 1.79. The first-order chi connectivity index (χ1) is 9.28. The molecule has 2 atom stereocenters. The van der Waals surface area contributed by atoms with Gasteiger partial charge in [-0.2, -0.15) is 0 Å². The highest BCUT2D eigenvalue weighted by Crippen LogP contribution is 2.31. The molecule has 2 unspecified atom stereocenters. The molecule has 0 spiro atoms. The summed E-state index contributed by atoms with van der Waals surface area (Å²) >= 11 is 3.49. The zero-order chi connectivity index (χ0) is 12.8. The summed E-state index contributed by atoms with van der Waals surface area (Å²) < 4.78 is 1.05. The van der Waals surface area contributed by atoms with Gasteiger partial charge < -0.3 is 5.32 Å². The number of aromatic nitrogens is 2. The van der Waals surface area contributed by atoms with Gasteiger partial charge in [-0.05, 0) is 43.0 Å². The topological polar surface area (TPSA) is 37.8 Å². The van der Waals surface area contributed by atoms with Gasteiger partial charge in [-0.3, -0.25) is 4.98 Å². The van der Waals surface area contributed by atoms with Crippen LogP contribution >= 0.6 is 15.9 Å². The fourth-order valence-corrected chi connectivity index (χ4v) is 3.40. The van der Waals surface area contributed by atoms with Crippen molar-refractivity contribution in [2.75, 3.05) is 0 Å². The Bertz CT molecular complexity index is 680. The molecule has 1 aromatic heterocycles. The number of hydrogen-bond donors (Lipinski definition) is 1. The lowest BCUT2D eigenvalue weighted by atomic mass is 10.0. The summed E-state index contributed by atoms with van der Waals surface area (Å²) in [6, 6.07) is 7.19. The number of benzene rings is 1. The van der Waals surface area contributed by atoms with Crippen LogP contribution in [0, 0.1) is 0 Å². The summed E-state index contributed by atoms with van der Waals surface area (Å²) in [5.74, 6) is 0. The van der Waals surface area contributed by atoms with Gasteiger partial charge in [0.2, 0.25) is 0 Å². The number of fused-ring (bicyclic) bond motifs is 3. The highest BCUT2D eigenvalue weighted by atomic mass is 79.9. The Morgan fingerprint density at radius 3 is 3.05 bits per heavy atom. The average Bonchev–Trinajstić information content (AvgIpc) is 2.76. The smallest absolute Gasteiger partial charge is 0.0905 e. The standard InChI is InChI=1S/C15H14BrN3/c16-10-1-4-13-14(7-10)19-15(8-17-13)9-5-11-2-3-12(6-9)18-11/h1,4-5,7-8,11-12,18H,2-3,6H2. The van der Waals surface area contributed by atoms with Crippen LogP contribution in [0.3, 0.4) is 0 Å². The number of halogens is 1. The van der Waals surface area contributed by atoms with Crippen molar-refractivity contribution in [2.45, 2.75) is 31.3 Å². The maximum absolute atomic E-state index is 4.77. The van der Waals surface area contributed by atoms with Gasteiger partial charge in [0.25, 0.3) is 0 Å². The molecule has 0 aliphatic carbocycles. The van der Waals surface area contributed by atoms with E-state index >= 15 is 0 Å². The third kappa shape index (κ3) is 2.09. The van der Waals surface area contributed by atoms with E-state index in [1.54, 1.807) is 0 Å². The first-order valence-corrected chi connectivity index (χ1v) is 7.47. The molecule has 2 aromatic rings. The van der Waals surface area contributed by atoms with Crippen molar-refractivity contribution in [3.05, 3.63) is 40.6 Å². The molecule has 3 nitrogen and oxygen atoms in total. The lowest BCUT2D eigenvalue weighted by molar-refractivity contribution is 0.574. The van der Waals surface area contributed by atoms with Gasteiger partial charge in [0.1, 0.15) is 0 Å². The highest BCUT2D eigenvalue weighted by Gasteiger charge is 2.28. The Morgan fingerprint density at radius 2 is 2.16 bits per heavy atom. The molecule has 1 N–H and O–H groups in total. The van der Waals surface area contributed by atoms with Crippen molar-refractivity contribution < 1.29 is 0 Å². The Labute approximate surface area is 120 Å². The van der Waals surface area contributed by atoms with E-state index in [1.807, 2.05) is 24.4 Å². The fraction of sp³-hybridized carbons (Fsp3) is 0.333. The molecule has 0 amide bonds. The minimum absolute atomic E-state index is 0.536. The Hall–Kier alpha value is -1.26. The van der Waals surface area contributed by atoms with Crippen molar-refractivity contribution in [3.63, 3.8) is 0 Å². The maximum atomic E-state index is 4.77. The molecular formula is C15H14BrN3. The Morgan fingerprint density at radius 1 is 1.21 bits per heavy atom. The molecule has 1 aromatic carbocycles.